The maximum absolute atomic E-state index is 3.58. The molecule has 0 fully saturated rings. The molecule has 0 unspecified atom stereocenters. The number of hydrogen-bond donors (Lipinski definition) is 0. The lowest BCUT2D eigenvalue weighted by molar-refractivity contribution is 0.790. The Morgan fingerprint density at radius 2 is 1.90 bits per heavy atom. The van der Waals surface area contributed by atoms with Gasteiger partial charge in [0.1, 0.15) is 0 Å². The molecule has 0 saturated heterocycles. The second-order valence-electron chi connectivity index (χ2n) is 2.22. The Hall–Kier alpha value is 1.66. The number of rotatable bonds is 0. The van der Waals surface area contributed by atoms with Gasteiger partial charge in [-0.3, -0.25) is 0 Å². The summed E-state index contributed by atoms with van der Waals surface area (Å²) in [6, 6.07) is 0. The van der Waals surface area contributed by atoms with Gasteiger partial charge in [0.15, 0.2) is 0 Å². The minimum absolute atomic E-state index is 0.454. The molecule has 1 aliphatic carbocycles. The molecule has 10 heavy (non-hydrogen) atoms. The van der Waals surface area contributed by atoms with E-state index in [-0.39, 0.29) is 0 Å². The van der Waals surface area contributed by atoms with Crippen molar-refractivity contribution in [2.24, 2.45) is 0 Å². The SMILES string of the molecule is BrC1=C[C@H](Br)[C@@H](Br)C[C@H]1Br. The molecule has 1 aliphatic rings. The van der Waals surface area contributed by atoms with Crippen LogP contribution in [0.5, 0.6) is 0 Å². The van der Waals surface area contributed by atoms with Crippen molar-refractivity contribution >= 4 is 63.7 Å². The van der Waals surface area contributed by atoms with Gasteiger partial charge in [-0.05, 0) is 6.42 Å². The summed E-state index contributed by atoms with van der Waals surface area (Å²) in [4.78, 5) is 1.47. The van der Waals surface area contributed by atoms with Gasteiger partial charge in [0.25, 0.3) is 0 Å². The van der Waals surface area contributed by atoms with Gasteiger partial charge in [-0.1, -0.05) is 69.8 Å². The first-order valence-electron chi connectivity index (χ1n) is 2.90. The molecule has 0 aliphatic heterocycles. The van der Waals surface area contributed by atoms with Crippen molar-refractivity contribution in [2.75, 3.05) is 0 Å². The van der Waals surface area contributed by atoms with Gasteiger partial charge in [0.05, 0.1) is 0 Å². The maximum Gasteiger partial charge on any atom is 0.0469 e. The number of hydrogen-bond acceptors (Lipinski definition) is 0. The van der Waals surface area contributed by atoms with Crippen LogP contribution in [0.4, 0.5) is 0 Å². The van der Waals surface area contributed by atoms with E-state index in [4.69, 9.17) is 0 Å². The van der Waals surface area contributed by atoms with E-state index in [9.17, 15) is 0 Å². The second-order valence-corrected chi connectivity index (χ2v) is 6.47. The second kappa shape index (κ2) is 4.06. The van der Waals surface area contributed by atoms with Crippen LogP contribution in [0.1, 0.15) is 6.42 Å². The highest BCUT2D eigenvalue weighted by Crippen LogP contribution is 2.35. The molecule has 0 aromatic carbocycles. The van der Waals surface area contributed by atoms with Crippen LogP contribution in [0.2, 0.25) is 0 Å². The van der Waals surface area contributed by atoms with E-state index in [0.29, 0.717) is 14.5 Å². The largest absolute Gasteiger partial charge is 0.0875 e. The van der Waals surface area contributed by atoms with Gasteiger partial charge in [0, 0.05) is 19.0 Å². The fraction of sp³-hybridized carbons (Fsp3) is 0.667. The molecule has 0 N–H and O–H groups in total. The Morgan fingerprint density at radius 3 is 2.40 bits per heavy atom. The summed E-state index contributed by atoms with van der Waals surface area (Å²) in [6.07, 6.45) is 3.29. The van der Waals surface area contributed by atoms with Gasteiger partial charge < -0.3 is 0 Å². The van der Waals surface area contributed by atoms with Crippen molar-refractivity contribution in [3.8, 4) is 0 Å². The molecule has 0 saturated carbocycles. The number of halogens is 4. The third kappa shape index (κ3) is 2.32. The van der Waals surface area contributed by atoms with Crippen LogP contribution in [-0.4, -0.2) is 14.5 Å². The fourth-order valence-electron chi connectivity index (χ4n) is 0.801. The van der Waals surface area contributed by atoms with Crippen molar-refractivity contribution in [1.82, 2.24) is 0 Å². The normalized spacial score (nSPS) is 41.2. The molecule has 0 spiro atoms. The molecule has 1 rings (SSSR count). The summed E-state index contributed by atoms with van der Waals surface area (Å²) in [5.74, 6) is 0. The van der Waals surface area contributed by atoms with Gasteiger partial charge in [-0.2, -0.15) is 0 Å². The molecule has 0 amide bonds. The van der Waals surface area contributed by atoms with Crippen LogP contribution in [-0.2, 0) is 0 Å². The highest BCUT2D eigenvalue weighted by Gasteiger charge is 2.24. The molecular formula is C6H6Br4. The first-order chi connectivity index (χ1) is 4.61. The lowest BCUT2D eigenvalue weighted by Crippen LogP contribution is -2.22. The molecule has 58 valence electrons. The summed E-state index contributed by atoms with van der Waals surface area (Å²) < 4.78 is 1.24. The summed E-state index contributed by atoms with van der Waals surface area (Å²) in [7, 11) is 0. The summed E-state index contributed by atoms with van der Waals surface area (Å²) in [5, 5.41) is 0. The monoisotopic (exact) mass is 394 g/mol. The minimum Gasteiger partial charge on any atom is -0.0875 e. The lowest BCUT2D eigenvalue weighted by Gasteiger charge is -2.23. The number of alkyl halides is 3. The van der Waals surface area contributed by atoms with Crippen molar-refractivity contribution in [1.29, 1.82) is 0 Å². The predicted molar refractivity (Wildman–Crippen MR) is 59.8 cm³/mol. The van der Waals surface area contributed by atoms with Crippen LogP contribution in [0.25, 0.3) is 0 Å². The first kappa shape index (κ1) is 9.75. The zero-order valence-electron chi connectivity index (χ0n) is 5.03. The van der Waals surface area contributed by atoms with Crippen molar-refractivity contribution < 1.29 is 0 Å². The molecule has 3 atom stereocenters. The lowest BCUT2D eigenvalue weighted by atomic mass is 10.1. The van der Waals surface area contributed by atoms with E-state index in [2.05, 4.69) is 69.8 Å². The molecular weight excluding hydrogens is 392 g/mol. The average Bonchev–Trinajstić information content (AvgIpc) is 1.84. The Morgan fingerprint density at radius 1 is 1.30 bits per heavy atom. The topological polar surface area (TPSA) is 0 Å². The van der Waals surface area contributed by atoms with Crippen LogP contribution in [0, 0.1) is 0 Å². The van der Waals surface area contributed by atoms with E-state index in [1.54, 1.807) is 0 Å². The first-order valence-corrected chi connectivity index (χ1v) is 6.44. The molecule has 0 aromatic heterocycles. The highest BCUT2D eigenvalue weighted by atomic mass is 79.9. The summed E-state index contributed by atoms with van der Waals surface area (Å²) in [6.45, 7) is 0. The van der Waals surface area contributed by atoms with Crippen molar-refractivity contribution in [3.63, 3.8) is 0 Å². The molecule has 4 heteroatoms. The van der Waals surface area contributed by atoms with E-state index >= 15 is 0 Å². The third-order valence-corrected chi connectivity index (χ3v) is 6.25. The van der Waals surface area contributed by atoms with E-state index in [1.165, 1.54) is 4.48 Å². The van der Waals surface area contributed by atoms with Gasteiger partial charge in [-0.15, -0.1) is 0 Å². The smallest absolute Gasteiger partial charge is 0.0469 e. The Labute approximate surface area is 94.3 Å². The van der Waals surface area contributed by atoms with E-state index < -0.39 is 0 Å². The van der Waals surface area contributed by atoms with Gasteiger partial charge in [-0.25, -0.2) is 0 Å². The van der Waals surface area contributed by atoms with Gasteiger partial charge in [0.2, 0.25) is 0 Å². The Kier molecular flexibility index (Phi) is 3.95. The zero-order valence-corrected chi connectivity index (χ0v) is 11.4. The quantitative estimate of drug-likeness (QED) is 0.543. The summed E-state index contributed by atoms with van der Waals surface area (Å²) >= 11 is 14.2. The van der Waals surface area contributed by atoms with Crippen LogP contribution < -0.4 is 0 Å². The van der Waals surface area contributed by atoms with E-state index in [0.717, 1.165) is 6.42 Å². The summed E-state index contributed by atoms with van der Waals surface area (Å²) in [5.41, 5.74) is 0. The fourth-order valence-corrected chi connectivity index (χ4v) is 3.71. The van der Waals surface area contributed by atoms with Crippen molar-refractivity contribution in [3.05, 3.63) is 10.6 Å². The van der Waals surface area contributed by atoms with E-state index in [1.807, 2.05) is 0 Å². The molecule has 0 bridgehead atoms. The molecule has 0 heterocycles. The minimum atomic E-state index is 0.454. The molecule has 0 nitrogen and oxygen atoms in total. The molecule has 0 radical (unpaired) electrons. The van der Waals surface area contributed by atoms with Crippen LogP contribution in [0.3, 0.4) is 0 Å². The van der Waals surface area contributed by atoms with Crippen LogP contribution in [0.15, 0.2) is 10.6 Å². The third-order valence-electron chi connectivity index (χ3n) is 1.40. The Bertz CT molecular complexity index is 154. The zero-order chi connectivity index (χ0) is 7.72. The standard InChI is InChI=1S/C6H6Br4/c7-3-1-4(8)6(10)2-5(3)9/h1,3,5-6H,2H2/t3-,5-,6+/m0/s1. The maximum atomic E-state index is 3.58. The predicted octanol–water partition coefficient (Wildman–Crippen LogP) is 3.96. The Balaban J connectivity index is 2.69. The number of allylic oxidation sites excluding steroid dienone is 2. The van der Waals surface area contributed by atoms with Gasteiger partial charge >= 0.3 is 0 Å². The average molecular weight is 398 g/mol. The highest BCUT2D eigenvalue weighted by molar-refractivity contribution is 9.14. The molecule has 0 aromatic rings. The van der Waals surface area contributed by atoms with Crippen LogP contribution >= 0.6 is 63.7 Å². The van der Waals surface area contributed by atoms with Crippen molar-refractivity contribution in [2.45, 2.75) is 20.9 Å².